The van der Waals surface area contributed by atoms with E-state index in [1.54, 1.807) is 12.1 Å². The van der Waals surface area contributed by atoms with Crippen molar-refractivity contribution in [1.82, 2.24) is 10.2 Å². The predicted octanol–water partition coefficient (Wildman–Crippen LogP) is -0.135. The fraction of sp³-hybridized carbons (Fsp3) is 0.700. The van der Waals surface area contributed by atoms with E-state index in [1.807, 2.05) is 6.92 Å². The molecular formula is C20H30N2O7S. The van der Waals surface area contributed by atoms with E-state index >= 15 is 0 Å². The van der Waals surface area contributed by atoms with Crippen molar-refractivity contribution in [2.24, 2.45) is 0 Å². The minimum Gasteiger partial charge on any atom is -0.388 e. The Kier molecular flexibility index (Phi) is 7.05. The molecule has 1 aromatic carbocycles. The smallest absolute Gasteiger partial charge is 0.297 e. The number of hydrogen-bond acceptors (Lipinski definition) is 9. The number of nitrogens with one attached hydrogen (secondary N) is 1. The van der Waals surface area contributed by atoms with E-state index in [9.17, 15) is 13.5 Å². The second-order valence-electron chi connectivity index (χ2n) is 7.98. The van der Waals surface area contributed by atoms with E-state index in [-0.39, 0.29) is 17.6 Å². The number of ether oxygens (including phenoxy) is 3. The van der Waals surface area contributed by atoms with Crippen molar-refractivity contribution in [3.63, 3.8) is 0 Å². The first kappa shape index (κ1) is 22.1. The summed E-state index contributed by atoms with van der Waals surface area (Å²) in [6.07, 6.45) is -2.55. The van der Waals surface area contributed by atoms with Crippen LogP contribution in [0.25, 0.3) is 0 Å². The first-order valence-electron chi connectivity index (χ1n) is 10.4. The van der Waals surface area contributed by atoms with Crippen molar-refractivity contribution in [2.45, 2.75) is 48.9 Å². The number of nitrogens with zero attached hydrogens (tertiary/aromatic N) is 1. The van der Waals surface area contributed by atoms with Crippen LogP contribution in [0, 0.1) is 6.92 Å². The zero-order valence-electron chi connectivity index (χ0n) is 17.1. The van der Waals surface area contributed by atoms with Crippen molar-refractivity contribution < 1.29 is 31.9 Å². The highest BCUT2D eigenvalue weighted by atomic mass is 32.2. The second-order valence-corrected chi connectivity index (χ2v) is 9.55. The Morgan fingerprint density at radius 2 is 1.97 bits per heavy atom. The van der Waals surface area contributed by atoms with Crippen LogP contribution in [0.1, 0.15) is 12.0 Å². The van der Waals surface area contributed by atoms with Gasteiger partial charge >= 0.3 is 0 Å². The lowest BCUT2D eigenvalue weighted by Gasteiger charge is -2.38. The summed E-state index contributed by atoms with van der Waals surface area (Å²) in [4.78, 5) is 2.38. The number of fused-ring (bicyclic) bond motifs is 2. The molecule has 168 valence electrons. The number of aryl methyl sites for hydroxylation is 1. The minimum absolute atomic E-state index is 0.0374. The average molecular weight is 443 g/mol. The van der Waals surface area contributed by atoms with Crippen molar-refractivity contribution in [1.29, 1.82) is 0 Å². The molecule has 9 nitrogen and oxygen atoms in total. The van der Waals surface area contributed by atoms with Crippen LogP contribution in [0.3, 0.4) is 0 Å². The summed E-state index contributed by atoms with van der Waals surface area (Å²) in [5, 5.41) is 14.2. The Morgan fingerprint density at radius 3 is 2.70 bits per heavy atom. The third kappa shape index (κ3) is 5.03. The summed E-state index contributed by atoms with van der Waals surface area (Å²) in [5.74, 6) is 0. The monoisotopic (exact) mass is 442 g/mol. The molecule has 0 saturated carbocycles. The molecule has 3 aliphatic heterocycles. The molecule has 30 heavy (non-hydrogen) atoms. The van der Waals surface area contributed by atoms with Crippen LogP contribution in [-0.4, -0.2) is 95.1 Å². The van der Waals surface area contributed by atoms with Gasteiger partial charge in [0.2, 0.25) is 0 Å². The fourth-order valence-corrected chi connectivity index (χ4v) is 5.12. The number of aliphatic hydroxyl groups is 1. The van der Waals surface area contributed by atoms with Crippen LogP contribution in [-0.2, 0) is 28.5 Å². The Hall–Kier alpha value is -1.11. The molecule has 3 fully saturated rings. The van der Waals surface area contributed by atoms with Gasteiger partial charge in [0, 0.05) is 13.1 Å². The SMILES string of the molecule is Cc1ccc(S(=O)(=O)O[C@@H]2[C@@H]3OC[C@@H](O3)[C@H](NCCCN3CCOCC3)[C@@H]2O)cc1. The van der Waals surface area contributed by atoms with E-state index in [4.69, 9.17) is 18.4 Å². The molecule has 5 atom stereocenters. The van der Waals surface area contributed by atoms with Gasteiger partial charge in [-0.1, -0.05) is 17.7 Å². The number of rotatable bonds is 8. The Balaban J connectivity index is 1.35. The largest absolute Gasteiger partial charge is 0.388 e. The van der Waals surface area contributed by atoms with Gasteiger partial charge in [-0.3, -0.25) is 9.08 Å². The first-order chi connectivity index (χ1) is 14.4. The van der Waals surface area contributed by atoms with Crippen molar-refractivity contribution in [3.05, 3.63) is 29.8 Å². The van der Waals surface area contributed by atoms with E-state index in [2.05, 4.69) is 10.2 Å². The maximum absolute atomic E-state index is 12.7. The molecule has 0 amide bonds. The summed E-state index contributed by atoms with van der Waals surface area (Å²) in [6, 6.07) is 5.91. The molecule has 4 rings (SSSR count). The van der Waals surface area contributed by atoms with Crippen molar-refractivity contribution in [3.8, 4) is 0 Å². The van der Waals surface area contributed by atoms with Gasteiger partial charge in [-0.25, -0.2) is 0 Å². The van der Waals surface area contributed by atoms with Crippen LogP contribution >= 0.6 is 0 Å². The van der Waals surface area contributed by atoms with Crippen molar-refractivity contribution in [2.75, 3.05) is 46.0 Å². The second kappa shape index (κ2) is 9.58. The molecule has 0 radical (unpaired) electrons. The van der Waals surface area contributed by atoms with Crippen molar-refractivity contribution >= 4 is 10.1 Å². The first-order valence-corrected chi connectivity index (χ1v) is 11.8. The minimum atomic E-state index is -4.06. The van der Waals surface area contributed by atoms with Gasteiger partial charge in [-0.2, -0.15) is 8.42 Å². The molecule has 10 heteroatoms. The van der Waals surface area contributed by atoms with E-state index in [0.29, 0.717) is 6.54 Å². The standard InChI is InChI=1S/C20H30N2O7S/c1-14-3-5-15(6-4-14)30(24,25)29-19-18(23)17(16-13-27-20(19)28-16)21-7-2-8-22-9-11-26-12-10-22/h3-6,16-21,23H,2,7-13H2,1H3/t16-,17+,18+,19+,20-/m1/s1. The summed E-state index contributed by atoms with van der Waals surface area (Å²) in [7, 11) is -4.06. The van der Waals surface area contributed by atoms with Gasteiger partial charge in [-0.05, 0) is 38.6 Å². The van der Waals surface area contributed by atoms with Crippen LogP contribution in [0.5, 0.6) is 0 Å². The highest BCUT2D eigenvalue weighted by molar-refractivity contribution is 7.86. The Morgan fingerprint density at radius 1 is 1.23 bits per heavy atom. The molecule has 0 spiro atoms. The molecule has 3 heterocycles. The van der Waals surface area contributed by atoms with Crippen LogP contribution in [0.4, 0.5) is 0 Å². The molecule has 0 unspecified atom stereocenters. The fourth-order valence-electron chi connectivity index (χ4n) is 4.04. The average Bonchev–Trinajstić information content (AvgIpc) is 3.18. The van der Waals surface area contributed by atoms with Gasteiger partial charge < -0.3 is 24.6 Å². The van der Waals surface area contributed by atoms with Gasteiger partial charge in [0.05, 0.1) is 30.8 Å². The summed E-state index contributed by atoms with van der Waals surface area (Å²) in [6.45, 7) is 7.15. The zero-order chi connectivity index (χ0) is 21.1. The number of morpholine rings is 1. The molecule has 3 saturated heterocycles. The van der Waals surface area contributed by atoms with E-state index in [0.717, 1.165) is 44.8 Å². The predicted molar refractivity (Wildman–Crippen MR) is 108 cm³/mol. The normalized spacial score (nSPS) is 32.4. The van der Waals surface area contributed by atoms with Gasteiger partial charge in [0.15, 0.2) is 12.4 Å². The quantitative estimate of drug-likeness (QED) is 0.420. The lowest BCUT2D eigenvalue weighted by molar-refractivity contribution is -0.192. The lowest BCUT2D eigenvalue weighted by atomic mass is 9.98. The van der Waals surface area contributed by atoms with E-state index in [1.165, 1.54) is 12.1 Å². The molecule has 0 aromatic heterocycles. The highest BCUT2D eigenvalue weighted by Gasteiger charge is 2.52. The number of benzene rings is 1. The van der Waals surface area contributed by atoms with E-state index < -0.39 is 34.7 Å². The number of hydrogen-bond donors (Lipinski definition) is 2. The van der Waals surface area contributed by atoms with Crippen LogP contribution in [0.15, 0.2) is 29.2 Å². The topological polar surface area (TPSA) is 107 Å². The van der Waals surface area contributed by atoms with Crippen LogP contribution < -0.4 is 5.32 Å². The molecule has 2 N–H and O–H groups in total. The van der Waals surface area contributed by atoms with Gasteiger partial charge in [0.25, 0.3) is 10.1 Å². The molecule has 0 aliphatic carbocycles. The van der Waals surface area contributed by atoms with Crippen LogP contribution in [0.2, 0.25) is 0 Å². The van der Waals surface area contributed by atoms with Gasteiger partial charge in [0.1, 0.15) is 12.2 Å². The third-order valence-corrected chi connectivity index (χ3v) is 7.11. The molecule has 1 aromatic rings. The molecule has 3 aliphatic rings. The maximum atomic E-state index is 12.7. The number of aliphatic hydroxyl groups excluding tert-OH is 1. The summed E-state index contributed by atoms with van der Waals surface area (Å²) in [5.41, 5.74) is 0.943. The zero-order valence-corrected chi connectivity index (χ0v) is 17.9. The maximum Gasteiger partial charge on any atom is 0.297 e. The highest BCUT2D eigenvalue weighted by Crippen LogP contribution is 2.32. The molecule has 2 bridgehead atoms. The third-order valence-electron chi connectivity index (χ3n) is 5.79. The Labute approximate surface area is 177 Å². The molecular weight excluding hydrogens is 412 g/mol. The summed E-state index contributed by atoms with van der Waals surface area (Å²) < 4.78 is 47.5. The van der Waals surface area contributed by atoms with Gasteiger partial charge in [-0.15, -0.1) is 0 Å². The summed E-state index contributed by atoms with van der Waals surface area (Å²) >= 11 is 0. The lowest BCUT2D eigenvalue weighted by Crippen LogP contribution is -2.60. The Bertz CT molecular complexity index is 798.